The molecular weight excluding hydrogens is 214 g/mol. The number of aliphatic hydroxyl groups excluding tert-OH is 1. The maximum absolute atomic E-state index is 11.9. The number of carbonyl (C=O) groups is 1. The van der Waals surface area contributed by atoms with Crippen LogP contribution < -0.4 is 0 Å². The second kappa shape index (κ2) is 4.24. The monoisotopic (exact) mass is 227 g/mol. The number of hydrogen-bond donors (Lipinski definition) is 1. The maximum Gasteiger partial charge on any atom is 0.275 e. The predicted molar refractivity (Wildman–Crippen MR) is 55.6 cm³/mol. The second-order valence-electron chi connectivity index (χ2n) is 3.88. The number of likely N-dealkylation sites (tertiary alicyclic amines) is 1. The molecule has 6 heteroatoms. The molecule has 2 heterocycles. The van der Waals surface area contributed by atoms with Gasteiger partial charge in [-0.15, -0.1) is 0 Å². The number of rotatable bonds is 1. The molecule has 2 atom stereocenters. The number of nitrogens with zero attached hydrogens (tertiary/aromatic N) is 3. The number of carbonyl (C=O) groups excluding carboxylic acids is 1. The van der Waals surface area contributed by atoms with Gasteiger partial charge in [0.15, 0.2) is 5.69 Å². The van der Waals surface area contributed by atoms with Crippen molar-refractivity contribution >= 4 is 17.6 Å². The first kappa shape index (κ1) is 10.5. The Bertz CT molecular complexity index is 341. The first-order chi connectivity index (χ1) is 7.18. The zero-order chi connectivity index (χ0) is 10.8. The molecule has 2 unspecified atom stereocenters. The van der Waals surface area contributed by atoms with Crippen molar-refractivity contribution in [3.05, 3.63) is 11.9 Å². The van der Waals surface area contributed by atoms with E-state index in [4.69, 9.17) is 0 Å². The van der Waals surface area contributed by atoms with E-state index in [1.807, 2.05) is 6.92 Å². The molecule has 2 rings (SSSR count). The molecule has 1 aromatic rings. The van der Waals surface area contributed by atoms with Crippen molar-refractivity contribution in [1.82, 2.24) is 13.6 Å². The molecule has 1 amide bonds. The van der Waals surface area contributed by atoms with Gasteiger partial charge in [0.05, 0.1) is 24.0 Å². The number of piperidine rings is 1. The summed E-state index contributed by atoms with van der Waals surface area (Å²) >= 11 is 1.04. The van der Waals surface area contributed by atoms with Crippen molar-refractivity contribution in [2.75, 3.05) is 13.1 Å². The lowest BCUT2D eigenvalue weighted by Gasteiger charge is -2.33. The Morgan fingerprint density at radius 1 is 1.73 bits per heavy atom. The first-order valence-corrected chi connectivity index (χ1v) is 5.66. The van der Waals surface area contributed by atoms with Crippen molar-refractivity contribution in [2.24, 2.45) is 5.92 Å². The van der Waals surface area contributed by atoms with Gasteiger partial charge in [-0.25, -0.2) is 0 Å². The third-order valence-corrected chi connectivity index (χ3v) is 3.21. The van der Waals surface area contributed by atoms with E-state index in [9.17, 15) is 9.90 Å². The van der Waals surface area contributed by atoms with E-state index in [1.165, 1.54) is 6.20 Å². The number of aliphatic hydroxyl groups is 1. The second-order valence-corrected chi connectivity index (χ2v) is 4.43. The van der Waals surface area contributed by atoms with Crippen LogP contribution in [0, 0.1) is 5.92 Å². The Labute approximate surface area is 92.1 Å². The van der Waals surface area contributed by atoms with Crippen molar-refractivity contribution in [3.63, 3.8) is 0 Å². The van der Waals surface area contributed by atoms with E-state index in [2.05, 4.69) is 8.75 Å². The summed E-state index contributed by atoms with van der Waals surface area (Å²) in [4.78, 5) is 13.6. The lowest BCUT2D eigenvalue weighted by atomic mass is 9.96. The van der Waals surface area contributed by atoms with Gasteiger partial charge in [-0.1, -0.05) is 6.92 Å². The van der Waals surface area contributed by atoms with Crippen molar-refractivity contribution in [2.45, 2.75) is 19.4 Å². The number of hydrogen-bond acceptors (Lipinski definition) is 5. The van der Waals surface area contributed by atoms with Crippen molar-refractivity contribution in [1.29, 1.82) is 0 Å². The Morgan fingerprint density at radius 3 is 3.13 bits per heavy atom. The Kier molecular flexibility index (Phi) is 2.97. The molecule has 5 nitrogen and oxygen atoms in total. The normalized spacial score (nSPS) is 26.7. The molecule has 15 heavy (non-hydrogen) atoms. The minimum Gasteiger partial charge on any atom is -0.393 e. The van der Waals surface area contributed by atoms with E-state index >= 15 is 0 Å². The summed E-state index contributed by atoms with van der Waals surface area (Å²) in [5.41, 5.74) is 0.406. The molecule has 0 saturated carbocycles. The number of amides is 1. The van der Waals surface area contributed by atoms with Crippen LogP contribution in [0.15, 0.2) is 6.20 Å². The van der Waals surface area contributed by atoms with Crippen molar-refractivity contribution in [3.8, 4) is 0 Å². The fourth-order valence-electron chi connectivity index (χ4n) is 1.74. The summed E-state index contributed by atoms with van der Waals surface area (Å²) in [5.74, 6) is 0.0526. The largest absolute Gasteiger partial charge is 0.393 e. The highest BCUT2D eigenvalue weighted by Gasteiger charge is 2.28. The van der Waals surface area contributed by atoms with Crippen LogP contribution in [-0.4, -0.2) is 43.9 Å². The SMILES string of the molecule is CC1CN(C(=O)c2cnsn2)CCC1O. The molecule has 0 aliphatic carbocycles. The van der Waals surface area contributed by atoms with Gasteiger partial charge in [-0.05, 0) is 12.3 Å². The molecule has 0 aromatic carbocycles. The summed E-state index contributed by atoms with van der Waals surface area (Å²) in [6.45, 7) is 3.14. The molecule has 0 spiro atoms. The van der Waals surface area contributed by atoms with E-state index < -0.39 is 0 Å². The summed E-state index contributed by atoms with van der Waals surface area (Å²) in [5, 5.41) is 9.54. The zero-order valence-corrected chi connectivity index (χ0v) is 9.28. The summed E-state index contributed by atoms with van der Waals surface area (Å²) in [7, 11) is 0. The van der Waals surface area contributed by atoms with Crippen LogP contribution in [0.5, 0.6) is 0 Å². The van der Waals surface area contributed by atoms with E-state index in [1.54, 1.807) is 4.90 Å². The summed E-state index contributed by atoms with van der Waals surface area (Å²) < 4.78 is 7.72. The molecule has 82 valence electrons. The average Bonchev–Trinajstić information content (AvgIpc) is 2.74. The van der Waals surface area contributed by atoms with Crippen LogP contribution in [-0.2, 0) is 0 Å². The van der Waals surface area contributed by atoms with Gasteiger partial charge in [0.2, 0.25) is 0 Å². The molecule has 1 N–H and O–H groups in total. The third-order valence-electron chi connectivity index (χ3n) is 2.73. The third kappa shape index (κ3) is 2.15. The standard InChI is InChI=1S/C9H13N3O2S/c1-6-5-12(3-2-8(6)13)9(14)7-4-10-15-11-7/h4,6,8,13H,2-3,5H2,1H3. The molecule has 0 bridgehead atoms. The van der Waals surface area contributed by atoms with Crippen molar-refractivity contribution < 1.29 is 9.90 Å². The molecule has 1 aliphatic rings. The molecular formula is C9H13N3O2S. The zero-order valence-electron chi connectivity index (χ0n) is 8.46. The highest BCUT2D eigenvalue weighted by atomic mass is 32.1. The number of aromatic nitrogens is 2. The smallest absolute Gasteiger partial charge is 0.275 e. The van der Waals surface area contributed by atoms with Gasteiger partial charge >= 0.3 is 0 Å². The van der Waals surface area contributed by atoms with Crippen LogP contribution in [0.2, 0.25) is 0 Å². The molecule has 1 saturated heterocycles. The lowest BCUT2D eigenvalue weighted by Crippen LogP contribution is -2.45. The lowest BCUT2D eigenvalue weighted by molar-refractivity contribution is 0.0295. The molecule has 1 aliphatic heterocycles. The van der Waals surface area contributed by atoms with Gasteiger partial charge in [-0.3, -0.25) is 4.79 Å². The predicted octanol–water partition coefficient (Wildman–Crippen LogP) is 0.381. The first-order valence-electron chi connectivity index (χ1n) is 4.93. The van der Waals surface area contributed by atoms with Crippen LogP contribution in [0.3, 0.4) is 0 Å². The quantitative estimate of drug-likeness (QED) is 0.753. The van der Waals surface area contributed by atoms with Gasteiger partial charge in [0.1, 0.15) is 0 Å². The minimum atomic E-state index is -0.289. The van der Waals surface area contributed by atoms with Gasteiger partial charge in [-0.2, -0.15) is 8.75 Å². The summed E-state index contributed by atoms with van der Waals surface area (Å²) in [6, 6.07) is 0. The Hall–Kier alpha value is -1.01. The molecule has 0 radical (unpaired) electrons. The summed E-state index contributed by atoms with van der Waals surface area (Å²) in [6.07, 6.45) is 1.84. The minimum absolute atomic E-state index is 0.0810. The van der Waals surface area contributed by atoms with E-state index in [-0.39, 0.29) is 17.9 Å². The fraction of sp³-hybridized carbons (Fsp3) is 0.667. The highest BCUT2D eigenvalue weighted by molar-refractivity contribution is 6.99. The van der Waals surface area contributed by atoms with Crippen LogP contribution >= 0.6 is 11.7 Å². The van der Waals surface area contributed by atoms with E-state index in [0.29, 0.717) is 25.2 Å². The Morgan fingerprint density at radius 2 is 2.53 bits per heavy atom. The van der Waals surface area contributed by atoms with Crippen LogP contribution in [0.4, 0.5) is 0 Å². The fourth-order valence-corrected chi connectivity index (χ4v) is 2.15. The van der Waals surface area contributed by atoms with Crippen LogP contribution in [0.1, 0.15) is 23.8 Å². The van der Waals surface area contributed by atoms with Gasteiger partial charge < -0.3 is 10.0 Å². The topological polar surface area (TPSA) is 66.3 Å². The van der Waals surface area contributed by atoms with E-state index in [0.717, 1.165) is 11.7 Å². The molecule has 1 fully saturated rings. The Balaban J connectivity index is 2.03. The average molecular weight is 227 g/mol. The molecule has 1 aromatic heterocycles. The van der Waals surface area contributed by atoms with Gasteiger partial charge in [0, 0.05) is 13.1 Å². The maximum atomic E-state index is 11.9. The van der Waals surface area contributed by atoms with Gasteiger partial charge in [0.25, 0.3) is 5.91 Å². The highest BCUT2D eigenvalue weighted by Crippen LogP contribution is 2.18. The van der Waals surface area contributed by atoms with Crippen LogP contribution in [0.25, 0.3) is 0 Å².